The van der Waals surface area contributed by atoms with Gasteiger partial charge in [-0.2, -0.15) is 0 Å². The molecule has 0 fully saturated rings. The van der Waals surface area contributed by atoms with Gasteiger partial charge in [0.05, 0.1) is 5.56 Å². The van der Waals surface area contributed by atoms with E-state index < -0.39 is 5.82 Å². The maximum Gasteiger partial charge on any atom is 0.188 e. The summed E-state index contributed by atoms with van der Waals surface area (Å²) in [6.45, 7) is 3.55. The Morgan fingerprint density at radius 1 is 1.46 bits per heavy atom. The molecule has 0 radical (unpaired) electrons. The molecule has 0 aliphatic rings. The van der Waals surface area contributed by atoms with Crippen molar-refractivity contribution in [1.29, 1.82) is 0 Å². The molecule has 2 heteroatoms. The molecular formula is C11H11FO. The second kappa shape index (κ2) is 3.99. The van der Waals surface area contributed by atoms with Crippen LogP contribution in [-0.4, -0.2) is 5.78 Å². The summed E-state index contributed by atoms with van der Waals surface area (Å²) in [5.74, 6) is -0.752. The van der Waals surface area contributed by atoms with Gasteiger partial charge in [-0.15, -0.1) is 0 Å². The largest absolute Gasteiger partial charge is 0.289 e. The van der Waals surface area contributed by atoms with Crippen molar-refractivity contribution in [2.24, 2.45) is 0 Å². The summed E-state index contributed by atoms with van der Waals surface area (Å²) in [6.07, 6.45) is 2.96. The van der Waals surface area contributed by atoms with E-state index in [0.29, 0.717) is 0 Å². The fraction of sp³-hybridized carbons (Fsp3) is 0.182. The van der Waals surface area contributed by atoms with Crippen LogP contribution in [0.4, 0.5) is 4.39 Å². The normalized spacial score (nSPS) is 10.7. The molecule has 0 aliphatic carbocycles. The first-order chi connectivity index (χ1) is 6.15. The van der Waals surface area contributed by atoms with E-state index in [-0.39, 0.29) is 11.3 Å². The van der Waals surface area contributed by atoms with Crippen LogP contribution < -0.4 is 0 Å². The van der Waals surface area contributed by atoms with E-state index >= 15 is 0 Å². The molecule has 0 aliphatic heterocycles. The van der Waals surface area contributed by atoms with Gasteiger partial charge in [0.1, 0.15) is 5.82 Å². The van der Waals surface area contributed by atoms with E-state index in [2.05, 4.69) is 0 Å². The first-order valence-corrected chi connectivity index (χ1v) is 4.08. The highest BCUT2D eigenvalue weighted by atomic mass is 19.1. The van der Waals surface area contributed by atoms with Crippen LogP contribution in [0, 0.1) is 12.7 Å². The average molecular weight is 178 g/mol. The summed E-state index contributed by atoms with van der Waals surface area (Å²) < 4.78 is 13.1. The summed E-state index contributed by atoms with van der Waals surface area (Å²) in [5.41, 5.74) is 1.02. The Balaban J connectivity index is 3.13. The predicted octanol–water partition coefficient (Wildman–Crippen LogP) is 2.89. The van der Waals surface area contributed by atoms with Gasteiger partial charge in [-0.3, -0.25) is 4.79 Å². The van der Waals surface area contributed by atoms with Crippen molar-refractivity contribution in [2.75, 3.05) is 0 Å². The Hall–Kier alpha value is -1.44. The highest BCUT2D eigenvalue weighted by molar-refractivity contribution is 6.04. The molecule has 1 nitrogen and oxygen atoms in total. The molecule has 13 heavy (non-hydrogen) atoms. The molecule has 0 amide bonds. The number of carbonyl (C=O) groups excluding carboxylic acids is 1. The van der Waals surface area contributed by atoms with Crippen LogP contribution in [0.3, 0.4) is 0 Å². The van der Waals surface area contributed by atoms with Gasteiger partial charge in [0.15, 0.2) is 5.78 Å². The van der Waals surface area contributed by atoms with Gasteiger partial charge in [0.2, 0.25) is 0 Å². The van der Waals surface area contributed by atoms with E-state index in [1.165, 1.54) is 12.1 Å². The maximum absolute atomic E-state index is 13.1. The second-order valence-corrected chi connectivity index (χ2v) is 2.85. The number of benzene rings is 1. The number of aryl methyl sites for hydroxylation is 1. The number of carbonyl (C=O) groups is 1. The minimum atomic E-state index is -0.464. The Kier molecular flexibility index (Phi) is 2.96. The van der Waals surface area contributed by atoms with Gasteiger partial charge in [0, 0.05) is 0 Å². The Bertz CT molecular complexity index is 353. The van der Waals surface area contributed by atoms with Crippen LogP contribution in [-0.2, 0) is 0 Å². The zero-order valence-electron chi connectivity index (χ0n) is 7.67. The highest BCUT2D eigenvalue weighted by Crippen LogP contribution is 2.11. The summed E-state index contributed by atoms with van der Waals surface area (Å²) in [5, 5.41) is 0. The number of halogens is 1. The fourth-order valence-electron chi connectivity index (χ4n) is 1.07. The van der Waals surface area contributed by atoms with Crippen molar-refractivity contribution in [1.82, 2.24) is 0 Å². The van der Waals surface area contributed by atoms with E-state index in [1.54, 1.807) is 25.1 Å². The molecule has 0 aromatic heterocycles. The minimum absolute atomic E-state index is 0.137. The fourth-order valence-corrected chi connectivity index (χ4v) is 1.07. The molecule has 1 rings (SSSR count). The molecule has 1 aromatic carbocycles. The first kappa shape index (κ1) is 9.65. The summed E-state index contributed by atoms with van der Waals surface area (Å²) in [7, 11) is 0. The van der Waals surface area contributed by atoms with Gasteiger partial charge in [0.25, 0.3) is 0 Å². The summed E-state index contributed by atoms with van der Waals surface area (Å²) in [4.78, 5) is 11.3. The van der Waals surface area contributed by atoms with E-state index in [4.69, 9.17) is 0 Å². The lowest BCUT2D eigenvalue weighted by Crippen LogP contribution is -1.98. The van der Waals surface area contributed by atoms with Crippen molar-refractivity contribution in [3.8, 4) is 0 Å². The monoisotopic (exact) mass is 178 g/mol. The number of hydrogen-bond donors (Lipinski definition) is 0. The van der Waals surface area contributed by atoms with Gasteiger partial charge < -0.3 is 0 Å². The van der Waals surface area contributed by atoms with Gasteiger partial charge >= 0.3 is 0 Å². The van der Waals surface area contributed by atoms with Crippen LogP contribution in [0.1, 0.15) is 22.8 Å². The second-order valence-electron chi connectivity index (χ2n) is 2.85. The van der Waals surface area contributed by atoms with E-state index in [1.807, 2.05) is 6.92 Å². The zero-order valence-corrected chi connectivity index (χ0v) is 7.67. The zero-order chi connectivity index (χ0) is 9.84. The predicted molar refractivity (Wildman–Crippen MR) is 50.3 cm³/mol. The quantitative estimate of drug-likeness (QED) is 0.502. The first-order valence-electron chi connectivity index (χ1n) is 4.08. The molecule has 1 aromatic rings. The Morgan fingerprint density at radius 3 is 2.77 bits per heavy atom. The molecule has 0 N–H and O–H groups in total. The Morgan fingerprint density at radius 2 is 2.15 bits per heavy atom. The molecule has 0 saturated carbocycles. The summed E-state index contributed by atoms with van der Waals surface area (Å²) in [6, 6.07) is 4.51. The minimum Gasteiger partial charge on any atom is -0.289 e. The third-order valence-electron chi connectivity index (χ3n) is 1.71. The van der Waals surface area contributed by atoms with Crippen molar-refractivity contribution >= 4 is 5.78 Å². The SMILES string of the molecule is C/C=C/C(=O)c1cc(C)ccc1F. The highest BCUT2D eigenvalue weighted by Gasteiger charge is 2.07. The number of rotatable bonds is 2. The molecule has 0 bridgehead atoms. The van der Waals surface area contributed by atoms with E-state index in [0.717, 1.165) is 5.56 Å². The van der Waals surface area contributed by atoms with Gasteiger partial charge in [-0.1, -0.05) is 17.7 Å². The lowest BCUT2D eigenvalue weighted by molar-refractivity contribution is 0.104. The standard InChI is InChI=1S/C11H11FO/c1-3-4-11(13)9-7-8(2)5-6-10(9)12/h3-7H,1-2H3/b4-3+. The molecule has 0 atom stereocenters. The van der Waals surface area contributed by atoms with Gasteiger partial charge in [-0.05, 0) is 32.1 Å². The lowest BCUT2D eigenvalue weighted by Gasteiger charge is -1.99. The average Bonchev–Trinajstić information content (AvgIpc) is 2.09. The molecule has 0 unspecified atom stereocenters. The number of allylic oxidation sites excluding steroid dienone is 2. The van der Waals surface area contributed by atoms with Crippen molar-refractivity contribution in [3.05, 3.63) is 47.3 Å². The maximum atomic E-state index is 13.1. The topological polar surface area (TPSA) is 17.1 Å². The molecule has 68 valence electrons. The number of hydrogen-bond acceptors (Lipinski definition) is 1. The lowest BCUT2D eigenvalue weighted by atomic mass is 10.1. The van der Waals surface area contributed by atoms with Crippen molar-refractivity contribution < 1.29 is 9.18 Å². The molecule has 0 heterocycles. The van der Waals surface area contributed by atoms with Gasteiger partial charge in [-0.25, -0.2) is 4.39 Å². The molecular weight excluding hydrogens is 167 g/mol. The van der Waals surface area contributed by atoms with Crippen LogP contribution in [0.5, 0.6) is 0 Å². The van der Waals surface area contributed by atoms with Crippen LogP contribution in [0.25, 0.3) is 0 Å². The summed E-state index contributed by atoms with van der Waals surface area (Å²) >= 11 is 0. The molecule has 0 saturated heterocycles. The van der Waals surface area contributed by atoms with Crippen LogP contribution in [0.2, 0.25) is 0 Å². The van der Waals surface area contributed by atoms with Crippen molar-refractivity contribution in [3.63, 3.8) is 0 Å². The molecule has 0 spiro atoms. The Labute approximate surface area is 76.9 Å². The third-order valence-corrected chi connectivity index (χ3v) is 1.71. The van der Waals surface area contributed by atoms with Crippen LogP contribution in [0.15, 0.2) is 30.4 Å². The third kappa shape index (κ3) is 2.25. The van der Waals surface area contributed by atoms with Crippen LogP contribution >= 0.6 is 0 Å². The van der Waals surface area contributed by atoms with Crippen molar-refractivity contribution in [2.45, 2.75) is 13.8 Å². The van der Waals surface area contributed by atoms with E-state index in [9.17, 15) is 9.18 Å². The smallest absolute Gasteiger partial charge is 0.188 e. The number of ketones is 1.